The van der Waals surface area contributed by atoms with Crippen molar-refractivity contribution in [2.75, 3.05) is 13.2 Å². The highest BCUT2D eigenvalue weighted by molar-refractivity contribution is 6.22. The van der Waals surface area contributed by atoms with E-state index >= 15 is 0 Å². The minimum atomic E-state index is -0.989. The number of amides is 3. The number of carbonyl (C=O) groups is 3. The summed E-state index contributed by atoms with van der Waals surface area (Å²) in [6.07, 6.45) is -0.174. The Hall–Kier alpha value is -4.13. The molecule has 0 radical (unpaired) electrons. The Labute approximate surface area is 190 Å². The van der Waals surface area contributed by atoms with Crippen LogP contribution in [0.2, 0.25) is 0 Å². The maximum absolute atomic E-state index is 13.3. The second-order valence-corrected chi connectivity index (χ2v) is 7.97. The summed E-state index contributed by atoms with van der Waals surface area (Å²) >= 11 is 0. The van der Waals surface area contributed by atoms with Crippen LogP contribution in [-0.2, 0) is 11.2 Å². The van der Waals surface area contributed by atoms with Crippen molar-refractivity contribution in [2.24, 2.45) is 0 Å². The van der Waals surface area contributed by atoms with Crippen LogP contribution in [0.25, 0.3) is 0 Å². The monoisotopic (exact) mass is 442 g/mol. The Bertz CT molecular complexity index is 1180. The van der Waals surface area contributed by atoms with Gasteiger partial charge in [0.15, 0.2) is 11.5 Å². The summed E-state index contributed by atoms with van der Waals surface area (Å²) in [5.41, 5.74) is 1.48. The van der Waals surface area contributed by atoms with E-state index in [1.54, 1.807) is 30.3 Å². The molecule has 0 aliphatic carbocycles. The highest BCUT2D eigenvalue weighted by Crippen LogP contribution is 2.31. The topological polar surface area (TPSA) is 84.9 Å². The van der Waals surface area contributed by atoms with E-state index < -0.39 is 23.8 Å². The molecule has 2 atom stereocenters. The Kier molecular flexibility index (Phi) is 5.52. The summed E-state index contributed by atoms with van der Waals surface area (Å²) < 4.78 is 11.6. The zero-order valence-corrected chi connectivity index (χ0v) is 17.8. The van der Waals surface area contributed by atoms with Gasteiger partial charge >= 0.3 is 0 Å². The van der Waals surface area contributed by atoms with E-state index in [2.05, 4.69) is 5.32 Å². The third kappa shape index (κ3) is 4.05. The lowest BCUT2D eigenvalue weighted by Gasteiger charge is -2.29. The van der Waals surface area contributed by atoms with Crippen LogP contribution in [0, 0.1) is 0 Å². The van der Waals surface area contributed by atoms with Crippen molar-refractivity contribution in [3.05, 3.63) is 95.6 Å². The molecule has 5 rings (SSSR count). The number of benzene rings is 3. The lowest BCUT2D eigenvalue weighted by molar-refractivity contribution is -0.125. The van der Waals surface area contributed by atoms with Gasteiger partial charge in [-0.25, -0.2) is 0 Å². The summed E-state index contributed by atoms with van der Waals surface area (Å²) in [4.78, 5) is 40.5. The molecule has 3 aromatic carbocycles. The van der Waals surface area contributed by atoms with E-state index in [4.69, 9.17) is 9.47 Å². The third-order valence-corrected chi connectivity index (χ3v) is 5.78. The molecule has 2 aliphatic rings. The number of ether oxygens (including phenoxy) is 2. The van der Waals surface area contributed by atoms with Gasteiger partial charge in [-0.05, 0) is 29.8 Å². The quantitative estimate of drug-likeness (QED) is 0.594. The minimum absolute atomic E-state index is 0.182. The molecule has 0 saturated heterocycles. The third-order valence-electron chi connectivity index (χ3n) is 5.78. The zero-order valence-electron chi connectivity index (χ0n) is 17.8. The molecule has 1 N–H and O–H groups in total. The molecule has 7 nitrogen and oxygen atoms in total. The fourth-order valence-electron chi connectivity index (χ4n) is 4.13. The van der Waals surface area contributed by atoms with Crippen molar-refractivity contribution in [3.63, 3.8) is 0 Å². The predicted molar refractivity (Wildman–Crippen MR) is 120 cm³/mol. The van der Waals surface area contributed by atoms with E-state index in [-0.39, 0.29) is 25.7 Å². The predicted octanol–water partition coefficient (Wildman–Crippen LogP) is 2.85. The minimum Gasteiger partial charge on any atom is -0.486 e. The maximum Gasteiger partial charge on any atom is 0.262 e. The Balaban J connectivity index is 1.34. The van der Waals surface area contributed by atoms with Crippen LogP contribution < -0.4 is 14.8 Å². The van der Waals surface area contributed by atoms with Gasteiger partial charge in [0, 0.05) is 6.42 Å². The summed E-state index contributed by atoms with van der Waals surface area (Å²) in [6, 6.07) is 22.3. The summed E-state index contributed by atoms with van der Waals surface area (Å²) in [6.45, 7) is 0.468. The smallest absolute Gasteiger partial charge is 0.262 e. The summed E-state index contributed by atoms with van der Waals surface area (Å²) in [5.74, 6) is -0.0660. The van der Waals surface area contributed by atoms with Crippen LogP contribution in [-0.4, -0.2) is 47.9 Å². The SMILES string of the molecule is O=C(NCC1COc2ccccc2O1)C(Cc1ccccc1)N1C(=O)c2ccccc2C1=O. The number of imide groups is 1. The summed E-state index contributed by atoms with van der Waals surface area (Å²) in [5, 5.41) is 2.86. The lowest BCUT2D eigenvalue weighted by Crippen LogP contribution is -2.52. The molecule has 0 bridgehead atoms. The van der Waals surface area contributed by atoms with Crippen LogP contribution in [0.4, 0.5) is 0 Å². The molecular weight excluding hydrogens is 420 g/mol. The highest BCUT2D eigenvalue weighted by atomic mass is 16.6. The van der Waals surface area contributed by atoms with E-state index in [1.807, 2.05) is 48.5 Å². The fourth-order valence-corrected chi connectivity index (χ4v) is 4.13. The van der Waals surface area contributed by atoms with Gasteiger partial charge in [0.25, 0.3) is 11.8 Å². The first-order valence-electron chi connectivity index (χ1n) is 10.8. The van der Waals surface area contributed by atoms with E-state index in [0.29, 0.717) is 22.6 Å². The van der Waals surface area contributed by atoms with E-state index in [1.165, 1.54) is 0 Å². The van der Waals surface area contributed by atoms with Crippen molar-refractivity contribution in [2.45, 2.75) is 18.6 Å². The zero-order chi connectivity index (χ0) is 22.8. The number of fused-ring (bicyclic) bond motifs is 2. The lowest BCUT2D eigenvalue weighted by atomic mass is 10.0. The average Bonchev–Trinajstić information content (AvgIpc) is 3.11. The number of nitrogens with zero attached hydrogens (tertiary/aromatic N) is 1. The molecule has 33 heavy (non-hydrogen) atoms. The van der Waals surface area contributed by atoms with Gasteiger partial charge in [-0.1, -0.05) is 54.6 Å². The van der Waals surface area contributed by atoms with Gasteiger partial charge in [0.1, 0.15) is 18.8 Å². The normalized spacial score (nSPS) is 17.5. The summed E-state index contributed by atoms with van der Waals surface area (Å²) in [7, 11) is 0. The Morgan fingerprint density at radius 2 is 1.48 bits per heavy atom. The van der Waals surface area contributed by atoms with Gasteiger partial charge in [-0.3, -0.25) is 19.3 Å². The van der Waals surface area contributed by atoms with Gasteiger partial charge < -0.3 is 14.8 Å². The number of hydrogen-bond acceptors (Lipinski definition) is 5. The first-order valence-corrected chi connectivity index (χ1v) is 10.8. The van der Waals surface area contributed by atoms with Crippen LogP contribution in [0.1, 0.15) is 26.3 Å². The van der Waals surface area contributed by atoms with Crippen molar-refractivity contribution >= 4 is 17.7 Å². The fraction of sp³-hybridized carbons (Fsp3) is 0.192. The largest absolute Gasteiger partial charge is 0.486 e. The molecule has 7 heteroatoms. The van der Waals surface area contributed by atoms with Crippen molar-refractivity contribution in [1.29, 1.82) is 0 Å². The molecule has 2 aliphatic heterocycles. The number of para-hydroxylation sites is 2. The molecule has 3 amide bonds. The molecule has 2 unspecified atom stereocenters. The second kappa shape index (κ2) is 8.78. The van der Waals surface area contributed by atoms with E-state index in [9.17, 15) is 14.4 Å². The number of hydrogen-bond donors (Lipinski definition) is 1. The molecule has 0 fully saturated rings. The molecule has 0 saturated carbocycles. The van der Waals surface area contributed by atoms with Gasteiger partial charge in [0.05, 0.1) is 17.7 Å². The molecular formula is C26H22N2O5. The van der Waals surface area contributed by atoms with Gasteiger partial charge in [-0.15, -0.1) is 0 Å². The first-order chi connectivity index (χ1) is 16.1. The Morgan fingerprint density at radius 3 is 2.18 bits per heavy atom. The standard InChI is InChI=1S/C26H22N2O5/c29-24(27-15-18-16-32-22-12-6-7-13-23(22)33-18)21(14-17-8-2-1-3-9-17)28-25(30)19-10-4-5-11-20(19)26(28)31/h1-13,18,21H,14-16H2,(H,27,29). The number of rotatable bonds is 6. The van der Waals surface area contributed by atoms with Crippen molar-refractivity contribution < 1.29 is 23.9 Å². The van der Waals surface area contributed by atoms with Crippen molar-refractivity contribution in [1.82, 2.24) is 10.2 Å². The van der Waals surface area contributed by atoms with Crippen LogP contribution in [0.15, 0.2) is 78.9 Å². The molecule has 3 aromatic rings. The Morgan fingerprint density at radius 1 is 0.879 bits per heavy atom. The van der Waals surface area contributed by atoms with Crippen LogP contribution >= 0.6 is 0 Å². The van der Waals surface area contributed by atoms with Crippen molar-refractivity contribution in [3.8, 4) is 11.5 Å². The highest BCUT2D eigenvalue weighted by Gasteiger charge is 2.42. The number of nitrogens with one attached hydrogen (secondary N) is 1. The van der Waals surface area contributed by atoms with Gasteiger partial charge in [-0.2, -0.15) is 0 Å². The second-order valence-electron chi connectivity index (χ2n) is 7.97. The molecule has 2 heterocycles. The van der Waals surface area contributed by atoms with Crippen LogP contribution in [0.3, 0.4) is 0 Å². The molecule has 0 aromatic heterocycles. The number of carbonyl (C=O) groups excluding carboxylic acids is 3. The maximum atomic E-state index is 13.3. The molecule has 166 valence electrons. The first kappa shape index (κ1) is 20.8. The van der Waals surface area contributed by atoms with Crippen LogP contribution in [0.5, 0.6) is 11.5 Å². The average molecular weight is 442 g/mol. The molecule has 0 spiro atoms. The van der Waals surface area contributed by atoms with Gasteiger partial charge in [0.2, 0.25) is 5.91 Å². The van der Waals surface area contributed by atoms with E-state index in [0.717, 1.165) is 10.5 Å².